The van der Waals surface area contributed by atoms with Gasteiger partial charge in [-0.3, -0.25) is 0 Å². The Morgan fingerprint density at radius 1 is 1.17 bits per heavy atom. The van der Waals surface area contributed by atoms with Gasteiger partial charge in [0.2, 0.25) is 0 Å². The summed E-state index contributed by atoms with van der Waals surface area (Å²) in [6.45, 7) is 2.92. The molecule has 0 aliphatic carbocycles. The zero-order chi connectivity index (χ0) is 16.9. The molecule has 1 N–H and O–H groups in total. The first kappa shape index (κ1) is 17.8. The SMILES string of the molecule is O=C(COc1ccc(Cl)cc1Cl)OC[C@@H]1CCC[NH+]2CCCC[C@@H]12. The molecule has 0 saturated carbocycles. The minimum atomic E-state index is -0.344. The zero-order valence-electron chi connectivity index (χ0n) is 13.7. The topological polar surface area (TPSA) is 40.0 Å². The van der Waals surface area contributed by atoms with Gasteiger partial charge < -0.3 is 14.4 Å². The van der Waals surface area contributed by atoms with E-state index < -0.39 is 0 Å². The standard InChI is InChI=1S/C18H23Cl2NO3/c19-14-6-7-17(15(20)10-14)23-12-18(22)24-11-13-4-3-9-21-8-2-1-5-16(13)21/h6-7,10,13,16H,1-5,8-9,11-12H2/p+1/t13-,16-/m0/s1. The van der Waals surface area contributed by atoms with Crippen LogP contribution in [0.5, 0.6) is 5.75 Å². The number of esters is 1. The second-order valence-electron chi connectivity index (χ2n) is 6.71. The molecule has 2 heterocycles. The maximum absolute atomic E-state index is 12.0. The maximum Gasteiger partial charge on any atom is 0.344 e. The number of rotatable bonds is 5. The second-order valence-corrected chi connectivity index (χ2v) is 7.55. The molecule has 4 nitrogen and oxygen atoms in total. The van der Waals surface area contributed by atoms with E-state index in [1.54, 1.807) is 23.1 Å². The van der Waals surface area contributed by atoms with Gasteiger partial charge in [-0.05, 0) is 50.3 Å². The van der Waals surface area contributed by atoms with Gasteiger partial charge in [-0.2, -0.15) is 0 Å². The highest BCUT2D eigenvalue weighted by Gasteiger charge is 2.37. The fourth-order valence-electron chi connectivity index (χ4n) is 3.95. The number of quaternary nitrogens is 1. The summed E-state index contributed by atoms with van der Waals surface area (Å²) in [6, 6.07) is 5.58. The van der Waals surface area contributed by atoms with Crippen LogP contribution in [0.4, 0.5) is 0 Å². The first-order valence-corrected chi connectivity index (χ1v) is 9.47. The predicted octanol–water partition coefficient (Wildman–Crippen LogP) is 2.76. The minimum Gasteiger partial charge on any atom is -0.480 e. The van der Waals surface area contributed by atoms with E-state index in [1.165, 1.54) is 38.8 Å². The predicted molar refractivity (Wildman–Crippen MR) is 94.0 cm³/mol. The Bertz CT molecular complexity index is 579. The Hall–Kier alpha value is -0.970. The summed E-state index contributed by atoms with van der Waals surface area (Å²) >= 11 is 11.9. The van der Waals surface area contributed by atoms with Gasteiger partial charge in [0, 0.05) is 10.9 Å². The van der Waals surface area contributed by atoms with Crippen LogP contribution in [-0.4, -0.2) is 38.3 Å². The number of fused-ring (bicyclic) bond motifs is 1. The van der Waals surface area contributed by atoms with E-state index >= 15 is 0 Å². The number of halogens is 2. The smallest absolute Gasteiger partial charge is 0.344 e. The number of carbonyl (C=O) groups is 1. The van der Waals surface area contributed by atoms with Crippen LogP contribution in [0.25, 0.3) is 0 Å². The molecular formula is C18H24Cl2NO3+. The average molecular weight is 373 g/mol. The molecule has 2 saturated heterocycles. The summed E-state index contributed by atoms with van der Waals surface area (Å²) in [4.78, 5) is 13.7. The molecule has 3 atom stereocenters. The molecule has 0 radical (unpaired) electrons. The van der Waals surface area contributed by atoms with Crippen molar-refractivity contribution < 1.29 is 19.2 Å². The molecule has 2 fully saturated rings. The van der Waals surface area contributed by atoms with Crippen LogP contribution >= 0.6 is 23.2 Å². The third-order valence-corrected chi connectivity index (χ3v) is 5.66. The Morgan fingerprint density at radius 3 is 2.83 bits per heavy atom. The van der Waals surface area contributed by atoms with Crippen molar-refractivity contribution in [2.75, 3.05) is 26.3 Å². The van der Waals surface area contributed by atoms with Crippen molar-refractivity contribution in [2.45, 2.75) is 38.1 Å². The molecule has 24 heavy (non-hydrogen) atoms. The first-order valence-electron chi connectivity index (χ1n) is 8.71. The van der Waals surface area contributed by atoms with Crippen LogP contribution in [0.2, 0.25) is 10.0 Å². The van der Waals surface area contributed by atoms with E-state index in [0.717, 1.165) is 6.42 Å². The molecule has 1 unspecified atom stereocenters. The highest BCUT2D eigenvalue weighted by atomic mass is 35.5. The second kappa shape index (κ2) is 8.41. The molecule has 3 rings (SSSR count). The van der Waals surface area contributed by atoms with E-state index in [0.29, 0.717) is 34.4 Å². The van der Waals surface area contributed by atoms with Gasteiger partial charge in [0.15, 0.2) is 6.61 Å². The number of nitrogens with one attached hydrogen (secondary N) is 1. The number of carbonyl (C=O) groups excluding carboxylic acids is 1. The number of hydrogen-bond acceptors (Lipinski definition) is 3. The molecule has 6 heteroatoms. The van der Waals surface area contributed by atoms with Crippen LogP contribution in [0, 0.1) is 5.92 Å². The van der Waals surface area contributed by atoms with Crippen LogP contribution in [0.3, 0.4) is 0 Å². The summed E-state index contributed by atoms with van der Waals surface area (Å²) in [5.74, 6) is 0.583. The lowest BCUT2D eigenvalue weighted by Crippen LogP contribution is -3.18. The fraction of sp³-hybridized carbons (Fsp3) is 0.611. The third-order valence-electron chi connectivity index (χ3n) is 5.13. The quantitative estimate of drug-likeness (QED) is 0.807. The summed E-state index contributed by atoms with van der Waals surface area (Å²) in [6.07, 6.45) is 6.27. The van der Waals surface area contributed by atoms with E-state index in [-0.39, 0.29) is 12.6 Å². The summed E-state index contributed by atoms with van der Waals surface area (Å²) in [5.41, 5.74) is 0. The van der Waals surface area contributed by atoms with Gasteiger partial charge in [-0.15, -0.1) is 0 Å². The van der Waals surface area contributed by atoms with Gasteiger partial charge in [0.05, 0.1) is 30.8 Å². The average Bonchev–Trinajstić information content (AvgIpc) is 2.59. The molecule has 2 aliphatic rings. The molecule has 0 amide bonds. The third kappa shape index (κ3) is 4.56. The molecular weight excluding hydrogens is 349 g/mol. The lowest BCUT2D eigenvalue weighted by Gasteiger charge is -2.40. The Balaban J connectivity index is 1.45. The van der Waals surface area contributed by atoms with Gasteiger partial charge in [-0.1, -0.05) is 23.2 Å². The monoisotopic (exact) mass is 372 g/mol. The molecule has 2 aliphatic heterocycles. The zero-order valence-corrected chi connectivity index (χ0v) is 15.2. The molecule has 0 aromatic heterocycles. The van der Waals surface area contributed by atoms with Crippen molar-refractivity contribution >= 4 is 29.2 Å². The fourth-order valence-corrected chi connectivity index (χ4v) is 4.41. The van der Waals surface area contributed by atoms with Gasteiger partial charge >= 0.3 is 5.97 Å². The number of benzene rings is 1. The van der Waals surface area contributed by atoms with Crippen LogP contribution in [0.1, 0.15) is 32.1 Å². The van der Waals surface area contributed by atoms with Crippen molar-refractivity contribution in [3.8, 4) is 5.75 Å². The minimum absolute atomic E-state index is 0.130. The van der Waals surface area contributed by atoms with Crippen molar-refractivity contribution in [3.63, 3.8) is 0 Å². The highest BCUT2D eigenvalue weighted by molar-refractivity contribution is 6.35. The van der Waals surface area contributed by atoms with E-state index in [1.807, 2.05) is 0 Å². The molecule has 1 aromatic carbocycles. The van der Waals surface area contributed by atoms with Crippen LogP contribution in [0.15, 0.2) is 18.2 Å². The van der Waals surface area contributed by atoms with Crippen molar-refractivity contribution in [3.05, 3.63) is 28.2 Å². The lowest BCUT2D eigenvalue weighted by atomic mass is 9.84. The van der Waals surface area contributed by atoms with Gasteiger partial charge in [0.25, 0.3) is 0 Å². The summed E-state index contributed by atoms with van der Waals surface area (Å²) < 4.78 is 10.9. The first-order chi connectivity index (χ1) is 11.6. The van der Waals surface area contributed by atoms with E-state index in [4.69, 9.17) is 32.7 Å². The van der Waals surface area contributed by atoms with E-state index in [2.05, 4.69) is 0 Å². The largest absolute Gasteiger partial charge is 0.480 e. The Kier molecular flexibility index (Phi) is 6.25. The van der Waals surface area contributed by atoms with Gasteiger partial charge in [0.1, 0.15) is 5.75 Å². The normalized spacial score (nSPS) is 26.5. The molecule has 1 aromatic rings. The number of ether oxygens (including phenoxy) is 2. The number of hydrogen-bond donors (Lipinski definition) is 1. The van der Waals surface area contributed by atoms with E-state index in [9.17, 15) is 4.79 Å². The highest BCUT2D eigenvalue weighted by Crippen LogP contribution is 2.27. The van der Waals surface area contributed by atoms with Crippen molar-refractivity contribution in [2.24, 2.45) is 5.92 Å². The van der Waals surface area contributed by atoms with Crippen molar-refractivity contribution in [1.82, 2.24) is 0 Å². The van der Waals surface area contributed by atoms with Crippen molar-refractivity contribution in [1.29, 1.82) is 0 Å². The Labute approximate surface area is 153 Å². The Morgan fingerprint density at radius 2 is 2.00 bits per heavy atom. The lowest BCUT2D eigenvalue weighted by molar-refractivity contribution is -0.940. The maximum atomic E-state index is 12.0. The molecule has 0 bridgehead atoms. The van der Waals surface area contributed by atoms with Crippen LogP contribution < -0.4 is 9.64 Å². The summed E-state index contributed by atoms with van der Waals surface area (Å²) in [7, 11) is 0. The molecule has 0 spiro atoms. The molecule has 132 valence electrons. The summed E-state index contributed by atoms with van der Waals surface area (Å²) in [5, 5.41) is 0.927. The van der Waals surface area contributed by atoms with Gasteiger partial charge in [-0.25, -0.2) is 4.79 Å². The van der Waals surface area contributed by atoms with Crippen LogP contribution in [-0.2, 0) is 9.53 Å². The number of piperidine rings is 2.